The molecular weight excluding hydrogens is 248 g/mol. The number of methoxy groups -OCH3 is 2. The van der Waals surface area contributed by atoms with Crippen molar-refractivity contribution >= 4 is 0 Å². The van der Waals surface area contributed by atoms with Crippen molar-refractivity contribution in [3.8, 4) is 0 Å². The number of hydrogen-bond donors (Lipinski definition) is 0. The summed E-state index contributed by atoms with van der Waals surface area (Å²) in [4.78, 5) is 0. The van der Waals surface area contributed by atoms with Crippen LogP contribution in [0, 0.1) is 5.92 Å². The van der Waals surface area contributed by atoms with E-state index in [-0.39, 0.29) is 0 Å². The number of benzene rings is 1. The molecule has 2 nitrogen and oxygen atoms in total. The topological polar surface area (TPSA) is 18.5 Å². The first-order valence-electron chi connectivity index (χ1n) is 7.90. The Bertz CT molecular complexity index is 364. The van der Waals surface area contributed by atoms with Crippen LogP contribution in [0.3, 0.4) is 0 Å². The summed E-state index contributed by atoms with van der Waals surface area (Å²) in [5.41, 5.74) is 2.90. The number of rotatable bonds is 7. The zero-order valence-corrected chi connectivity index (χ0v) is 12.9. The van der Waals surface area contributed by atoms with Crippen LogP contribution in [0.2, 0.25) is 0 Å². The van der Waals surface area contributed by atoms with Gasteiger partial charge in [0.2, 0.25) is 0 Å². The van der Waals surface area contributed by atoms with Crippen molar-refractivity contribution in [3.05, 3.63) is 35.4 Å². The van der Waals surface area contributed by atoms with Crippen LogP contribution in [0.1, 0.15) is 49.1 Å². The Morgan fingerprint density at radius 3 is 2.15 bits per heavy atom. The van der Waals surface area contributed by atoms with Crippen molar-refractivity contribution in [1.82, 2.24) is 0 Å². The minimum atomic E-state index is 0.769. The second-order valence-electron chi connectivity index (χ2n) is 5.98. The van der Waals surface area contributed by atoms with Gasteiger partial charge >= 0.3 is 0 Å². The second kappa shape index (κ2) is 8.43. The van der Waals surface area contributed by atoms with Gasteiger partial charge in [-0.25, -0.2) is 0 Å². The molecule has 1 aromatic rings. The highest BCUT2D eigenvalue weighted by molar-refractivity contribution is 5.26. The molecule has 1 saturated carbocycles. The highest BCUT2D eigenvalue weighted by Crippen LogP contribution is 2.37. The minimum Gasteiger partial charge on any atom is -0.385 e. The monoisotopic (exact) mass is 276 g/mol. The Kier molecular flexibility index (Phi) is 6.55. The highest BCUT2D eigenvalue weighted by atomic mass is 16.5. The minimum absolute atomic E-state index is 0.769. The van der Waals surface area contributed by atoms with Crippen molar-refractivity contribution in [2.45, 2.75) is 44.4 Å². The second-order valence-corrected chi connectivity index (χ2v) is 5.98. The van der Waals surface area contributed by atoms with Gasteiger partial charge < -0.3 is 9.47 Å². The molecule has 2 rings (SSSR count). The van der Waals surface area contributed by atoms with Gasteiger partial charge in [0.15, 0.2) is 0 Å². The van der Waals surface area contributed by atoms with E-state index in [4.69, 9.17) is 9.47 Å². The molecule has 1 aliphatic carbocycles. The van der Waals surface area contributed by atoms with Crippen LogP contribution in [-0.4, -0.2) is 27.4 Å². The maximum Gasteiger partial charge on any atom is 0.0502 e. The van der Waals surface area contributed by atoms with Crippen molar-refractivity contribution < 1.29 is 9.47 Å². The summed E-state index contributed by atoms with van der Waals surface area (Å²) in [6.45, 7) is 1.73. The summed E-state index contributed by atoms with van der Waals surface area (Å²) < 4.78 is 10.3. The van der Waals surface area contributed by atoms with Crippen LogP contribution in [0.15, 0.2) is 24.3 Å². The van der Waals surface area contributed by atoms with Crippen LogP contribution in [-0.2, 0) is 15.9 Å². The molecule has 0 saturated heterocycles. The van der Waals surface area contributed by atoms with E-state index < -0.39 is 0 Å². The molecular formula is C18H28O2. The lowest BCUT2D eigenvalue weighted by Gasteiger charge is -2.28. The van der Waals surface area contributed by atoms with Gasteiger partial charge in [0, 0.05) is 20.8 Å². The zero-order chi connectivity index (χ0) is 14.2. The van der Waals surface area contributed by atoms with E-state index in [1.165, 1.54) is 43.2 Å². The predicted octanol–water partition coefficient (Wildman–Crippen LogP) is 4.19. The molecule has 20 heavy (non-hydrogen) atoms. The first-order valence-corrected chi connectivity index (χ1v) is 7.90. The van der Waals surface area contributed by atoms with E-state index >= 15 is 0 Å². The lowest BCUT2D eigenvalue weighted by atomic mass is 9.77. The lowest BCUT2D eigenvalue weighted by molar-refractivity contribution is 0.163. The maximum absolute atomic E-state index is 5.19. The van der Waals surface area contributed by atoms with E-state index in [9.17, 15) is 0 Å². The third kappa shape index (κ3) is 4.60. The van der Waals surface area contributed by atoms with Gasteiger partial charge in [-0.05, 0) is 61.5 Å². The van der Waals surface area contributed by atoms with Gasteiger partial charge in [0.05, 0.1) is 6.61 Å². The third-order valence-electron chi connectivity index (χ3n) is 4.62. The molecule has 112 valence electrons. The summed E-state index contributed by atoms with van der Waals surface area (Å²) in [6.07, 6.45) is 7.65. The average molecular weight is 276 g/mol. The van der Waals surface area contributed by atoms with Crippen molar-refractivity contribution in [2.75, 3.05) is 27.4 Å². The molecule has 0 amide bonds. The van der Waals surface area contributed by atoms with E-state index in [0.29, 0.717) is 0 Å². The molecule has 0 bridgehead atoms. The van der Waals surface area contributed by atoms with E-state index in [1.807, 2.05) is 0 Å². The van der Waals surface area contributed by atoms with Crippen molar-refractivity contribution in [3.63, 3.8) is 0 Å². The maximum atomic E-state index is 5.19. The van der Waals surface area contributed by atoms with Crippen LogP contribution < -0.4 is 0 Å². The lowest BCUT2D eigenvalue weighted by Crippen LogP contribution is -2.14. The van der Waals surface area contributed by atoms with E-state index in [1.54, 1.807) is 14.2 Å². The van der Waals surface area contributed by atoms with Crippen LogP contribution in [0.4, 0.5) is 0 Å². The highest BCUT2D eigenvalue weighted by Gasteiger charge is 2.21. The quantitative estimate of drug-likeness (QED) is 0.743. The van der Waals surface area contributed by atoms with Gasteiger partial charge in [-0.1, -0.05) is 24.3 Å². The summed E-state index contributed by atoms with van der Waals surface area (Å²) in [5, 5.41) is 0. The Labute approximate surface area is 123 Å². The van der Waals surface area contributed by atoms with Crippen molar-refractivity contribution in [2.24, 2.45) is 5.92 Å². The number of hydrogen-bond acceptors (Lipinski definition) is 2. The van der Waals surface area contributed by atoms with Gasteiger partial charge in [0.25, 0.3) is 0 Å². The van der Waals surface area contributed by atoms with Crippen molar-refractivity contribution in [1.29, 1.82) is 0 Å². The summed E-state index contributed by atoms with van der Waals surface area (Å²) >= 11 is 0. The predicted molar refractivity (Wildman–Crippen MR) is 83.2 cm³/mol. The smallest absolute Gasteiger partial charge is 0.0502 e. The molecule has 0 spiro atoms. The van der Waals surface area contributed by atoms with Crippen LogP contribution in [0.25, 0.3) is 0 Å². The SMILES string of the molecule is COCCc1ccc(C2CCC(CCOC)CC2)cc1. The fourth-order valence-corrected chi connectivity index (χ4v) is 3.25. The molecule has 0 aromatic heterocycles. The first kappa shape index (κ1) is 15.5. The largest absolute Gasteiger partial charge is 0.385 e. The fraction of sp³-hybridized carbons (Fsp3) is 0.667. The molecule has 0 atom stereocenters. The molecule has 1 fully saturated rings. The fourth-order valence-electron chi connectivity index (χ4n) is 3.25. The Morgan fingerprint density at radius 2 is 1.55 bits per heavy atom. The normalized spacial score (nSPS) is 22.9. The summed E-state index contributed by atoms with van der Waals surface area (Å²) in [5.74, 6) is 1.65. The van der Waals surface area contributed by atoms with Gasteiger partial charge in [-0.3, -0.25) is 0 Å². The Hall–Kier alpha value is -0.860. The molecule has 2 heteroatoms. The molecule has 1 aromatic carbocycles. The molecule has 0 N–H and O–H groups in total. The number of ether oxygens (including phenoxy) is 2. The summed E-state index contributed by atoms with van der Waals surface area (Å²) in [7, 11) is 3.56. The van der Waals surface area contributed by atoms with E-state index in [0.717, 1.165) is 31.5 Å². The van der Waals surface area contributed by atoms with Crippen LogP contribution in [0.5, 0.6) is 0 Å². The molecule has 0 unspecified atom stereocenters. The van der Waals surface area contributed by atoms with Gasteiger partial charge in [-0.15, -0.1) is 0 Å². The Balaban J connectivity index is 1.81. The third-order valence-corrected chi connectivity index (χ3v) is 4.62. The van der Waals surface area contributed by atoms with E-state index in [2.05, 4.69) is 24.3 Å². The van der Waals surface area contributed by atoms with Gasteiger partial charge in [-0.2, -0.15) is 0 Å². The first-order chi connectivity index (χ1) is 9.83. The summed E-state index contributed by atoms with van der Waals surface area (Å²) in [6, 6.07) is 9.19. The molecule has 0 aliphatic heterocycles. The van der Waals surface area contributed by atoms with Crippen LogP contribution >= 0.6 is 0 Å². The Morgan fingerprint density at radius 1 is 0.900 bits per heavy atom. The molecule has 0 radical (unpaired) electrons. The molecule has 0 heterocycles. The molecule has 1 aliphatic rings. The standard InChI is InChI=1S/C18H28O2/c1-19-13-11-15-3-7-17(8-4-15)18-9-5-16(6-10-18)12-14-20-2/h3-4,7-8,16,18H,5-6,9-14H2,1-2H3. The average Bonchev–Trinajstić information content (AvgIpc) is 2.52. The van der Waals surface area contributed by atoms with Gasteiger partial charge in [0.1, 0.15) is 0 Å². The zero-order valence-electron chi connectivity index (χ0n) is 12.9.